The highest BCUT2D eigenvalue weighted by Crippen LogP contribution is 2.32. The predicted octanol–water partition coefficient (Wildman–Crippen LogP) is 3.43. The maximum atomic E-state index is 12.5. The third-order valence-corrected chi connectivity index (χ3v) is 2.69. The van der Waals surface area contributed by atoms with Crippen LogP contribution < -0.4 is 0 Å². The molecule has 82 valence electrons. The molecule has 0 amide bonds. The summed E-state index contributed by atoms with van der Waals surface area (Å²) in [4.78, 5) is 13.6. The van der Waals surface area contributed by atoms with Crippen molar-refractivity contribution in [2.75, 3.05) is 0 Å². The topological polar surface area (TPSA) is 56.0 Å². The lowest BCUT2D eigenvalue weighted by atomic mass is 10.2. The van der Waals surface area contributed by atoms with Gasteiger partial charge >= 0.3 is 5.69 Å². The molecular weight excluding hydrogens is 389 g/mol. The number of rotatable bonds is 3. The van der Waals surface area contributed by atoms with Crippen LogP contribution in [0, 0.1) is 13.8 Å². The summed E-state index contributed by atoms with van der Waals surface area (Å²) in [6.45, 7) is 0. The van der Waals surface area contributed by atoms with E-state index < -0.39 is 22.6 Å². The Morgan fingerprint density at radius 2 is 2.27 bits per heavy atom. The Bertz CT molecular complexity index is 403. The lowest BCUT2D eigenvalue weighted by molar-refractivity contribution is -0.387. The number of halogens is 4. The van der Waals surface area contributed by atoms with E-state index in [1.165, 1.54) is 0 Å². The highest BCUT2D eigenvalue weighted by molar-refractivity contribution is 14.1. The number of nitrogens with zero attached hydrogens (tertiary/aromatic N) is 2. The highest BCUT2D eigenvalue weighted by atomic mass is 127. The van der Waals surface area contributed by atoms with Crippen molar-refractivity contribution in [1.29, 1.82) is 0 Å². The summed E-state index contributed by atoms with van der Waals surface area (Å²) >= 11 is 4.72. The summed E-state index contributed by atoms with van der Waals surface area (Å²) in [5.41, 5.74) is -1.18. The summed E-state index contributed by atoms with van der Waals surface area (Å²) in [5.74, 6) is 0. The minimum Gasteiger partial charge on any atom is -0.258 e. The largest absolute Gasteiger partial charge is 0.300 e. The molecule has 0 unspecified atom stereocenters. The molecule has 0 atom stereocenters. The molecule has 0 aliphatic rings. The number of hydrogen-bond acceptors (Lipinski definition) is 3. The molecule has 0 fully saturated rings. The molecule has 0 bridgehead atoms. The highest BCUT2D eigenvalue weighted by Gasteiger charge is 2.27. The molecule has 8 heteroatoms. The first-order chi connectivity index (χ1) is 6.97. The average molecular weight is 393 g/mol. The van der Waals surface area contributed by atoms with Crippen molar-refractivity contribution in [2.45, 2.75) is 11.8 Å². The maximum Gasteiger partial charge on any atom is 0.300 e. The molecule has 1 aromatic rings. The fraction of sp³-hybridized carbons (Fsp3) is 0.286. The quantitative estimate of drug-likeness (QED) is 0.260. The molecule has 0 N–H and O–H groups in total. The van der Waals surface area contributed by atoms with Crippen molar-refractivity contribution in [3.8, 4) is 0 Å². The molecular formula is C7H4BrF2IN2O2. The van der Waals surface area contributed by atoms with Crippen LogP contribution in [0.2, 0.25) is 0 Å². The Hall–Kier alpha value is -0.380. The number of hydrogen-bond donors (Lipinski definition) is 0. The Kier molecular flexibility index (Phi) is 4.32. The molecule has 0 aromatic carbocycles. The Morgan fingerprint density at radius 3 is 2.67 bits per heavy atom. The van der Waals surface area contributed by atoms with Gasteiger partial charge in [0.05, 0.1) is 10.3 Å². The number of alkyl halides is 3. The first-order valence-electron chi connectivity index (χ1n) is 3.65. The third-order valence-electron chi connectivity index (χ3n) is 1.61. The van der Waals surface area contributed by atoms with E-state index >= 15 is 0 Å². The molecule has 0 radical (unpaired) electrons. The zero-order valence-electron chi connectivity index (χ0n) is 7.08. The first-order valence-corrected chi connectivity index (χ1v) is 5.85. The van der Waals surface area contributed by atoms with Crippen LogP contribution in [0.4, 0.5) is 14.5 Å². The van der Waals surface area contributed by atoms with Crippen LogP contribution in [-0.4, -0.2) is 9.91 Å². The molecule has 15 heavy (non-hydrogen) atoms. The van der Waals surface area contributed by atoms with Crippen LogP contribution in [0.25, 0.3) is 0 Å². The van der Waals surface area contributed by atoms with Crippen LogP contribution in [0.1, 0.15) is 17.7 Å². The van der Waals surface area contributed by atoms with Gasteiger partial charge in [-0.05, 0) is 28.7 Å². The van der Waals surface area contributed by atoms with Gasteiger partial charge in [-0.3, -0.25) is 10.1 Å². The van der Waals surface area contributed by atoms with E-state index in [1.807, 2.05) is 0 Å². The summed E-state index contributed by atoms with van der Waals surface area (Å²) in [7, 11) is 0. The Labute approximate surface area is 105 Å². The minimum atomic E-state index is -2.88. The van der Waals surface area contributed by atoms with Gasteiger partial charge in [-0.15, -0.1) is 0 Å². The van der Waals surface area contributed by atoms with Crippen molar-refractivity contribution in [2.24, 2.45) is 0 Å². The van der Waals surface area contributed by atoms with E-state index in [1.54, 1.807) is 22.6 Å². The van der Waals surface area contributed by atoms with E-state index in [0.717, 1.165) is 6.07 Å². The lowest BCUT2D eigenvalue weighted by Gasteiger charge is -2.05. The predicted molar refractivity (Wildman–Crippen MR) is 61.2 cm³/mol. The molecule has 1 aromatic heterocycles. The Morgan fingerprint density at radius 1 is 1.67 bits per heavy atom. The van der Waals surface area contributed by atoms with Crippen LogP contribution in [0.15, 0.2) is 6.07 Å². The van der Waals surface area contributed by atoms with Crippen molar-refractivity contribution >= 4 is 44.2 Å². The van der Waals surface area contributed by atoms with E-state index in [4.69, 9.17) is 0 Å². The van der Waals surface area contributed by atoms with Gasteiger partial charge in [-0.2, -0.15) is 0 Å². The molecule has 0 aliphatic carbocycles. The number of aromatic nitrogens is 1. The van der Waals surface area contributed by atoms with Gasteiger partial charge < -0.3 is 0 Å². The standard InChI is InChI=1S/C7H4BrF2IN2O2/c8-2-4-6(13(14)15)3(7(9)10)1-5(11)12-4/h1,7H,2H2. The van der Waals surface area contributed by atoms with Gasteiger partial charge in [0, 0.05) is 0 Å². The zero-order chi connectivity index (χ0) is 11.6. The Balaban J connectivity index is 3.47. The first kappa shape index (κ1) is 12.7. The average Bonchev–Trinajstić information content (AvgIpc) is 2.15. The van der Waals surface area contributed by atoms with Gasteiger partial charge in [0.15, 0.2) is 0 Å². The van der Waals surface area contributed by atoms with Gasteiger partial charge in [0.2, 0.25) is 0 Å². The normalized spacial score (nSPS) is 10.7. The fourth-order valence-electron chi connectivity index (χ4n) is 1.05. The van der Waals surface area contributed by atoms with Gasteiger partial charge in [0.25, 0.3) is 6.43 Å². The zero-order valence-corrected chi connectivity index (χ0v) is 10.8. The SMILES string of the molecule is O=[N+]([O-])c1c(C(F)F)cc(I)nc1CBr. The monoisotopic (exact) mass is 392 g/mol. The third kappa shape index (κ3) is 2.80. The second kappa shape index (κ2) is 5.10. The van der Waals surface area contributed by atoms with Crippen LogP contribution in [-0.2, 0) is 5.33 Å². The summed E-state index contributed by atoms with van der Waals surface area (Å²) in [6, 6.07) is 1.02. The molecule has 0 saturated carbocycles. The summed E-state index contributed by atoms with van der Waals surface area (Å²) in [5, 5.41) is 10.7. The fourth-order valence-corrected chi connectivity index (χ4v) is 2.07. The molecule has 1 rings (SSSR count). The summed E-state index contributed by atoms with van der Waals surface area (Å²) < 4.78 is 25.4. The van der Waals surface area contributed by atoms with Crippen molar-refractivity contribution < 1.29 is 13.7 Å². The van der Waals surface area contributed by atoms with Crippen LogP contribution in [0.3, 0.4) is 0 Å². The van der Waals surface area contributed by atoms with Crippen LogP contribution in [0.5, 0.6) is 0 Å². The second-order valence-electron chi connectivity index (χ2n) is 2.52. The molecule has 1 heterocycles. The molecule has 0 aliphatic heterocycles. The van der Waals surface area contributed by atoms with E-state index in [0.29, 0.717) is 3.70 Å². The number of pyridine rings is 1. The molecule has 0 saturated heterocycles. The summed E-state index contributed by atoms with van der Waals surface area (Å²) in [6.07, 6.45) is -2.88. The van der Waals surface area contributed by atoms with Gasteiger partial charge in [-0.25, -0.2) is 13.8 Å². The molecule has 0 spiro atoms. The van der Waals surface area contributed by atoms with E-state index in [9.17, 15) is 18.9 Å². The van der Waals surface area contributed by atoms with Crippen LogP contribution >= 0.6 is 38.5 Å². The van der Waals surface area contributed by atoms with Crippen molar-refractivity contribution in [3.05, 3.63) is 31.1 Å². The lowest BCUT2D eigenvalue weighted by Crippen LogP contribution is -2.03. The maximum absolute atomic E-state index is 12.5. The molecule has 4 nitrogen and oxygen atoms in total. The minimum absolute atomic E-state index is 0.0159. The number of nitro groups is 1. The smallest absolute Gasteiger partial charge is 0.258 e. The van der Waals surface area contributed by atoms with Crippen molar-refractivity contribution in [3.63, 3.8) is 0 Å². The van der Waals surface area contributed by atoms with E-state index in [-0.39, 0.29) is 11.0 Å². The van der Waals surface area contributed by atoms with Gasteiger partial charge in [-0.1, -0.05) is 15.9 Å². The van der Waals surface area contributed by atoms with Crippen molar-refractivity contribution in [1.82, 2.24) is 4.98 Å². The van der Waals surface area contributed by atoms with E-state index in [2.05, 4.69) is 20.9 Å². The van der Waals surface area contributed by atoms with Gasteiger partial charge in [0.1, 0.15) is 15.0 Å². The second-order valence-corrected chi connectivity index (χ2v) is 4.19.